The van der Waals surface area contributed by atoms with E-state index < -0.39 is 0 Å². The summed E-state index contributed by atoms with van der Waals surface area (Å²) in [6.45, 7) is -0.0360. The number of benzene rings is 9. The summed E-state index contributed by atoms with van der Waals surface area (Å²) in [7, 11) is 0. The molecule has 0 fully saturated rings. The van der Waals surface area contributed by atoms with Crippen LogP contribution in [0.15, 0.2) is 218 Å². The molecule has 2 aliphatic heterocycles. The fourth-order valence-corrected chi connectivity index (χ4v) is 16.9. The number of aromatic nitrogens is 1. The highest BCUT2D eigenvalue weighted by Gasteiger charge is 2.48. The Morgan fingerprint density at radius 1 is 0.300 bits per heavy atom. The molecule has 0 saturated carbocycles. The lowest BCUT2D eigenvalue weighted by Crippen LogP contribution is -2.60. The fraction of sp³-hybridized carbons (Fsp3) is 0. The van der Waals surface area contributed by atoms with Gasteiger partial charge < -0.3 is 4.57 Å². The van der Waals surface area contributed by atoms with E-state index in [-0.39, 0.29) is 6.71 Å². The molecule has 0 aliphatic carbocycles. The molecule has 5 aromatic heterocycles. The van der Waals surface area contributed by atoms with E-state index in [9.17, 15) is 0 Å². The van der Waals surface area contributed by atoms with Gasteiger partial charge in [0.2, 0.25) is 0 Å². The Labute approximate surface area is 419 Å². The molecule has 0 N–H and O–H groups in total. The summed E-state index contributed by atoms with van der Waals surface area (Å²) in [6, 6.07) is 81.5. The second kappa shape index (κ2) is 14.9. The molecule has 16 rings (SSSR count). The predicted octanol–water partition coefficient (Wildman–Crippen LogP) is 17.1. The maximum atomic E-state index is 2.69. The van der Waals surface area contributed by atoms with E-state index in [2.05, 4.69) is 233 Å². The third-order valence-corrected chi connectivity index (χ3v) is 19.3. The maximum Gasteiger partial charge on any atom is 0.256 e. The Hall–Kier alpha value is -7.72. The van der Waals surface area contributed by atoms with E-state index in [4.69, 9.17) is 0 Å². The number of thiophene rings is 4. The average molecular weight is 962 g/mol. The van der Waals surface area contributed by atoms with E-state index in [1.807, 2.05) is 45.3 Å². The molecule has 0 radical (unpaired) electrons. The molecule has 0 unspecified atom stereocenters. The van der Waals surface area contributed by atoms with Gasteiger partial charge in [0, 0.05) is 62.8 Å². The number of hydrogen-bond donors (Lipinski definition) is 0. The molecule has 0 saturated heterocycles. The van der Waals surface area contributed by atoms with Crippen molar-refractivity contribution >= 4 is 162 Å². The number of rotatable bonds is 5. The molecule has 14 aromatic rings. The Morgan fingerprint density at radius 2 is 0.643 bits per heavy atom. The topological polar surface area (TPSA) is 11.4 Å². The summed E-state index contributed by atoms with van der Waals surface area (Å²) < 4.78 is 7.69. The van der Waals surface area contributed by atoms with E-state index >= 15 is 0 Å². The van der Waals surface area contributed by atoms with Crippen LogP contribution in [0.4, 0.5) is 31.4 Å². The minimum absolute atomic E-state index is 0.0360. The lowest BCUT2D eigenvalue weighted by Gasteiger charge is -2.42. The van der Waals surface area contributed by atoms with Gasteiger partial charge >= 0.3 is 0 Å². The third-order valence-electron chi connectivity index (χ3n) is 14.6. The summed E-state index contributed by atoms with van der Waals surface area (Å²) in [6.07, 6.45) is 0. The van der Waals surface area contributed by atoms with Crippen molar-refractivity contribution in [2.45, 2.75) is 0 Å². The molecule has 0 bridgehead atoms. The first kappa shape index (κ1) is 39.2. The average Bonchev–Trinajstić information content (AvgIpc) is 4.25. The maximum absolute atomic E-state index is 2.69. The zero-order chi connectivity index (χ0) is 45.6. The zero-order valence-corrected chi connectivity index (χ0v) is 40.6. The third kappa shape index (κ3) is 5.39. The Morgan fingerprint density at radius 3 is 1.09 bits per heavy atom. The van der Waals surface area contributed by atoms with Gasteiger partial charge in [-0.3, -0.25) is 9.80 Å². The van der Waals surface area contributed by atoms with Gasteiger partial charge in [-0.15, -0.1) is 45.3 Å². The lowest BCUT2D eigenvalue weighted by molar-refractivity contribution is 1.17. The monoisotopic (exact) mass is 961 g/mol. The molecular weight excluding hydrogens is 926 g/mol. The highest BCUT2D eigenvalue weighted by Crippen LogP contribution is 2.58. The van der Waals surface area contributed by atoms with Gasteiger partial charge in [-0.1, -0.05) is 170 Å². The summed E-state index contributed by atoms with van der Waals surface area (Å²) in [5.41, 5.74) is 15.1. The second-order valence-corrected chi connectivity index (χ2v) is 22.4. The number of para-hydroxylation sites is 2. The van der Waals surface area contributed by atoms with Gasteiger partial charge in [-0.05, 0) is 86.8 Å². The standard InChI is InChI=1S/C62H36BN3S4/c1-3-19-37(20-4-1)54-42-25-9-15-31-50(42)67-59(54)65-48-35-39(64-46-29-13-7-23-40(46)41-24-8-14-30-47(41)64)36-49-58(48)63(56-44-27-11-17-33-52(44)69-61(56)65)57-45-28-12-18-34-53(45)70-62(57)66(49)60-55(38-21-5-2-6-22-38)43-26-10-16-32-51(43)68-60/h1-36H. The van der Waals surface area contributed by atoms with Gasteiger partial charge in [0.1, 0.15) is 10.0 Å². The van der Waals surface area contributed by atoms with Gasteiger partial charge in [0.05, 0.1) is 26.7 Å². The van der Waals surface area contributed by atoms with E-state index in [0.717, 1.165) is 5.69 Å². The van der Waals surface area contributed by atoms with Crippen molar-refractivity contribution in [3.8, 4) is 27.9 Å². The largest absolute Gasteiger partial charge is 0.309 e. The quantitative estimate of drug-likeness (QED) is 0.159. The second-order valence-electron chi connectivity index (χ2n) is 18.3. The van der Waals surface area contributed by atoms with Gasteiger partial charge in [0.25, 0.3) is 6.71 Å². The highest BCUT2D eigenvalue weighted by molar-refractivity contribution is 7.31. The summed E-state index contributed by atoms with van der Waals surface area (Å²) in [5, 5.41) is 12.7. The molecule has 0 amide bonds. The van der Waals surface area contributed by atoms with Crippen LogP contribution in [0.25, 0.3) is 90.1 Å². The van der Waals surface area contributed by atoms with Crippen molar-refractivity contribution in [2.75, 3.05) is 9.80 Å². The molecular formula is C62H36BN3S4. The Bertz CT molecular complexity index is 4180. The van der Waals surface area contributed by atoms with Crippen molar-refractivity contribution in [1.82, 2.24) is 4.57 Å². The number of anilines is 6. The first-order chi connectivity index (χ1) is 34.8. The molecule has 7 heterocycles. The minimum Gasteiger partial charge on any atom is -0.309 e. The van der Waals surface area contributed by atoms with Crippen molar-refractivity contribution in [1.29, 1.82) is 0 Å². The van der Waals surface area contributed by atoms with Crippen molar-refractivity contribution < 1.29 is 0 Å². The van der Waals surface area contributed by atoms with E-state index in [0.29, 0.717) is 0 Å². The van der Waals surface area contributed by atoms with Crippen LogP contribution in [0.2, 0.25) is 0 Å². The van der Waals surface area contributed by atoms with Crippen LogP contribution in [-0.4, -0.2) is 11.3 Å². The molecule has 0 spiro atoms. The van der Waals surface area contributed by atoms with Crippen molar-refractivity contribution in [3.63, 3.8) is 0 Å². The summed E-state index contributed by atoms with van der Waals surface area (Å²) >= 11 is 7.69. The van der Waals surface area contributed by atoms with Crippen molar-refractivity contribution in [3.05, 3.63) is 218 Å². The molecule has 0 atom stereocenters. The first-order valence-corrected chi connectivity index (χ1v) is 27.0. The van der Waals surface area contributed by atoms with E-state index in [1.165, 1.54) is 132 Å². The van der Waals surface area contributed by atoms with E-state index in [1.54, 1.807) is 0 Å². The van der Waals surface area contributed by atoms with Gasteiger partial charge in [-0.25, -0.2) is 0 Å². The smallest absolute Gasteiger partial charge is 0.256 e. The van der Waals surface area contributed by atoms with Crippen molar-refractivity contribution in [2.24, 2.45) is 0 Å². The lowest BCUT2D eigenvalue weighted by atomic mass is 9.34. The molecule has 2 aliphatic rings. The van der Waals surface area contributed by atoms with Crippen LogP contribution >= 0.6 is 45.3 Å². The fourth-order valence-electron chi connectivity index (χ4n) is 11.8. The van der Waals surface area contributed by atoms with Gasteiger partial charge in [0.15, 0.2) is 0 Å². The Balaban J connectivity index is 1.12. The van der Waals surface area contributed by atoms with Crippen LogP contribution in [0.3, 0.4) is 0 Å². The molecule has 70 heavy (non-hydrogen) atoms. The summed E-state index contributed by atoms with van der Waals surface area (Å²) in [4.78, 5) is 5.39. The SMILES string of the molecule is c1ccc(-c2c(N3c4cc(-n5c6ccccc6c6ccccc65)cc5c4B(c4c3sc3ccccc43)c3c(sc4ccccc34)N5c3sc4ccccc4c3-c3ccccc3)sc3ccccc23)cc1. The normalized spacial score (nSPS) is 13.1. The molecule has 3 nitrogen and oxygen atoms in total. The van der Waals surface area contributed by atoms with Crippen LogP contribution in [0.1, 0.15) is 0 Å². The molecule has 8 heteroatoms. The predicted molar refractivity (Wildman–Crippen MR) is 307 cm³/mol. The Kier molecular flexibility index (Phi) is 8.33. The van der Waals surface area contributed by atoms with Crippen LogP contribution in [-0.2, 0) is 0 Å². The van der Waals surface area contributed by atoms with Crippen LogP contribution in [0, 0.1) is 0 Å². The van der Waals surface area contributed by atoms with Crippen LogP contribution < -0.4 is 26.2 Å². The number of fused-ring (bicyclic) bond motifs is 13. The summed E-state index contributed by atoms with van der Waals surface area (Å²) in [5.74, 6) is 0. The first-order valence-electron chi connectivity index (χ1n) is 23.7. The number of nitrogens with zero attached hydrogens (tertiary/aromatic N) is 3. The van der Waals surface area contributed by atoms with Crippen LogP contribution in [0.5, 0.6) is 0 Å². The molecule has 326 valence electrons. The minimum atomic E-state index is -0.0360. The number of hydrogen-bond acceptors (Lipinski definition) is 6. The zero-order valence-electron chi connectivity index (χ0n) is 37.3. The highest BCUT2D eigenvalue weighted by atomic mass is 32.1. The van der Waals surface area contributed by atoms with Gasteiger partial charge in [-0.2, -0.15) is 0 Å². The molecule has 9 aromatic carbocycles.